The Morgan fingerprint density at radius 2 is 1.78 bits per heavy atom. The number of nitrogens with one attached hydrogen (secondary N) is 1. The van der Waals surface area contributed by atoms with Crippen molar-refractivity contribution in [2.75, 3.05) is 5.43 Å². The maximum absolute atomic E-state index is 12.8. The fourth-order valence-corrected chi connectivity index (χ4v) is 2.58. The minimum atomic E-state index is -0.266. The van der Waals surface area contributed by atoms with Gasteiger partial charge in [-0.3, -0.25) is 5.43 Å². The van der Waals surface area contributed by atoms with Crippen molar-refractivity contribution in [2.45, 2.75) is 0 Å². The summed E-state index contributed by atoms with van der Waals surface area (Å²) < 4.78 is 12.8. The van der Waals surface area contributed by atoms with Crippen molar-refractivity contribution in [1.82, 2.24) is 4.98 Å². The van der Waals surface area contributed by atoms with E-state index in [0.717, 1.165) is 16.8 Å². The van der Waals surface area contributed by atoms with Gasteiger partial charge in [0.2, 0.25) is 5.13 Å². The van der Waals surface area contributed by atoms with Crippen molar-refractivity contribution in [3.8, 4) is 11.3 Å². The zero-order valence-electron chi connectivity index (χ0n) is 11.7. The number of nitrogens with zero attached hydrogens (tertiary/aromatic N) is 2. The molecule has 7 heteroatoms. The number of benzene rings is 2. The minimum absolute atomic E-state index is 0. The van der Waals surface area contributed by atoms with Gasteiger partial charge in [0.15, 0.2) is 0 Å². The van der Waals surface area contributed by atoms with Gasteiger partial charge in [0.25, 0.3) is 0 Å². The first kappa shape index (κ1) is 17.6. The minimum Gasteiger partial charge on any atom is -0.253 e. The molecule has 3 aromatic rings. The molecule has 0 atom stereocenters. The summed E-state index contributed by atoms with van der Waals surface area (Å²) in [7, 11) is 0. The summed E-state index contributed by atoms with van der Waals surface area (Å²) in [6, 6.07) is 13.6. The van der Waals surface area contributed by atoms with Crippen LogP contribution in [0.25, 0.3) is 11.3 Å². The van der Waals surface area contributed by atoms with Crippen molar-refractivity contribution >= 4 is 51.3 Å². The molecule has 0 saturated carbocycles. The van der Waals surface area contributed by atoms with Crippen LogP contribution in [0.1, 0.15) is 5.56 Å². The molecule has 3 rings (SSSR count). The van der Waals surface area contributed by atoms with Crippen LogP contribution in [0.3, 0.4) is 0 Å². The van der Waals surface area contributed by atoms with Gasteiger partial charge in [-0.1, -0.05) is 35.9 Å². The fourth-order valence-electron chi connectivity index (χ4n) is 1.79. The van der Waals surface area contributed by atoms with Crippen molar-refractivity contribution in [3.05, 3.63) is 70.3 Å². The van der Waals surface area contributed by atoms with Gasteiger partial charge in [0, 0.05) is 16.0 Å². The molecule has 0 amide bonds. The van der Waals surface area contributed by atoms with Crippen LogP contribution in [0.5, 0.6) is 0 Å². The molecule has 0 saturated heterocycles. The third-order valence-electron chi connectivity index (χ3n) is 2.89. The van der Waals surface area contributed by atoms with Crippen LogP contribution < -0.4 is 5.43 Å². The van der Waals surface area contributed by atoms with E-state index in [9.17, 15) is 4.39 Å². The Balaban J connectivity index is 0.00000192. The van der Waals surface area contributed by atoms with Crippen LogP contribution in [-0.4, -0.2) is 11.2 Å². The van der Waals surface area contributed by atoms with Gasteiger partial charge in [0.05, 0.1) is 11.9 Å². The van der Waals surface area contributed by atoms with Crippen LogP contribution >= 0.6 is 39.9 Å². The first-order chi connectivity index (χ1) is 10.7. The molecule has 1 heterocycles. The normalized spacial score (nSPS) is 10.5. The van der Waals surface area contributed by atoms with Gasteiger partial charge in [0.1, 0.15) is 5.82 Å². The van der Waals surface area contributed by atoms with Gasteiger partial charge >= 0.3 is 0 Å². The Labute approximate surface area is 152 Å². The molecule has 0 unspecified atom stereocenters. The summed E-state index contributed by atoms with van der Waals surface area (Å²) in [5, 5.41) is 7.41. The van der Waals surface area contributed by atoms with E-state index in [-0.39, 0.29) is 22.8 Å². The molecule has 3 nitrogen and oxygen atoms in total. The predicted molar refractivity (Wildman–Crippen MR) is 100 cm³/mol. The highest BCUT2D eigenvalue weighted by molar-refractivity contribution is 8.93. The molecule has 23 heavy (non-hydrogen) atoms. The summed E-state index contributed by atoms with van der Waals surface area (Å²) in [6.07, 6.45) is 1.61. The largest absolute Gasteiger partial charge is 0.253 e. The molecule has 0 fully saturated rings. The lowest BCUT2D eigenvalue weighted by molar-refractivity contribution is 0.628. The number of thiazole rings is 1. The maximum atomic E-state index is 12.8. The van der Waals surface area contributed by atoms with Gasteiger partial charge in [-0.25, -0.2) is 9.37 Å². The van der Waals surface area contributed by atoms with Crippen molar-refractivity contribution in [1.29, 1.82) is 0 Å². The number of halogens is 3. The van der Waals surface area contributed by atoms with Crippen molar-refractivity contribution in [2.24, 2.45) is 5.10 Å². The third kappa shape index (κ3) is 4.86. The average Bonchev–Trinajstić information content (AvgIpc) is 2.99. The molecule has 1 aromatic heterocycles. The van der Waals surface area contributed by atoms with Gasteiger partial charge in [-0.2, -0.15) is 5.10 Å². The molecule has 0 aliphatic rings. The molecule has 118 valence electrons. The van der Waals surface area contributed by atoms with E-state index in [1.807, 2.05) is 29.6 Å². The van der Waals surface area contributed by atoms with Gasteiger partial charge in [-0.15, -0.1) is 28.3 Å². The number of rotatable bonds is 4. The summed E-state index contributed by atoms with van der Waals surface area (Å²) in [5.74, 6) is -0.266. The molecule has 0 aliphatic heterocycles. The number of hydrogen-bond acceptors (Lipinski definition) is 4. The molecule has 2 aromatic carbocycles. The van der Waals surface area contributed by atoms with E-state index in [1.54, 1.807) is 18.3 Å². The van der Waals surface area contributed by atoms with E-state index in [0.29, 0.717) is 10.2 Å². The molecule has 1 N–H and O–H groups in total. The Morgan fingerprint density at radius 3 is 2.48 bits per heavy atom. The van der Waals surface area contributed by atoms with Gasteiger partial charge in [-0.05, 0) is 29.8 Å². The standard InChI is InChI=1S/C16H11ClFN3S.BrH/c17-13-5-3-12(4-6-13)15-10-22-16(20-15)21-19-9-11-1-7-14(18)8-2-11;/h1-10H,(H,20,21);1H/b19-9+;. The predicted octanol–water partition coefficient (Wildman–Crippen LogP) is 5.63. The smallest absolute Gasteiger partial charge is 0.203 e. The zero-order chi connectivity index (χ0) is 15.4. The highest BCUT2D eigenvalue weighted by atomic mass is 79.9. The topological polar surface area (TPSA) is 37.3 Å². The fraction of sp³-hybridized carbons (Fsp3) is 0. The highest BCUT2D eigenvalue weighted by Crippen LogP contribution is 2.25. The van der Waals surface area contributed by atoms with Crippen LogP contribution in [0.2, 0.25) is 5.02 Å². The van der Waals surface area contributed by atoms with E-state index in [2.05, 4.69) is 15.5 Å². The first-order valence-electron chi connectivity index (χ1n) is 6.47. The second-order valence-corrected chi connectivity index (χ2v) is 5.76. The van der Waals surface area contributed by atoms with Crippen LogP contribution in [0.4, 0.5) is 9.52 Å². The van der Waals surface area contributed by atoms with E-state index >= 15 is 0 Å². The maximum Gasteiger partial charge on any atom is 0.203 e. The van der Waals surface area contributed by atoms with Gasteiger partial charge < -0.3 is 0 Å². The monoisotopic (exact) mass is 411 g/mol. The lowest BCUT2D eigenvalue weighted by atomic mass is 10.2. The SMILES string of the molecule is Br.Fc1ccc(/C=N/Nc2nc(-c3ccc(Cl)cc3)cs2)cc1. The average molecular weight is 413 g/mol. The molecule has 0 bridgehead atoms. The van der Waals surface area contributed by atoms with Crippen LogP contribution in [-0.2, 0) is 0 Å². The van der Waals surface area contributed by atoms with E-state index in [4.69, 9.17) is 11.6 Å². The highest BCUT2D eigenvalue weighted by Gasteiger charge is 2.03. The van der Waals surface area contributed by atoms with Crippen molar-refractivity contribution < 1.29 is 4.39 Å². The van der Waals surface area contributed by atoms with Crippen LogP contribution in [0.15, 0.2) is 59.0 Å². The Kier molecular flexibility index (Phi) is 6.27. The lowest BCUT2D eigenvalue weighted by Gasteiger charge is -1.96. The number of hydrogen-bond donors (Lipinski definition) is 1. The lowest BCUT2D eigenvalue weighted by Crippen LogP contribution is -1.90. The van der Waals surface area contributed by atoms with Crippen molar-refractivity contribution in [3.63, 3.8) is 0 Å². The molecular weight excluding hydrogens is 401 g/mol. The van der Waals surface area contributed by atoms with Crippen LogP contribution in [0, 0.1) is 5.82 Å². The molecule has 0 aliphatic carbocycles. The molecule has 0 radical (unpaired) electrons. The Hall–Kier alpha value is -1.76. The summed E-state index contributed by atoms with van der Waals surface area (Å²) in [5.41, 5.74) is 5.53. The second-order valence-electron chi connectivity index (χ2n) is 4.47. The number of anilines is 1. The quantitative estimate of drug-likeness (QED) is 0.445. The summed E-state index contributed by atoms with van der Waals surface area (Å²) in [4.78, 5) is 4.45. The zero-order valence-corrected chi connectivity index (χ0v) is 15.0. The Morgan fingerprint density at radius 1 is 1.09 bits per heavy atom. The molecular formula is C16H12BrClFN3S. The van der Waals surface area contributed by atoms with E-state index in [1.165, 1.54) is 23.5 Å². The number of aromatic nitrogens is 1. The second kappa shape index (κ2) is 8.19. The first-order valence-corrected chi connectivity index (χ1v) is 7.72. The summed E-state index contributed by atoms with van der Waals surface area (Å²) >= 11 is 7.33. The number of hydrazone groups is 1. The molecule has 0 spiro atoms. The Bertz CT molecular complexity index is 788. The third-order valence-corrected chi connectivity index (χ3v) is 3.89. The summed E-state index contributed by atoms with van der Waals surface area (Å²) in [6.45, 7) is 0. The van der Waals surface area contributed by atoms with E-state index < -0.39 is 0 Å².